The van der Waals surface area contributed by atoms with E-state index in [-0.39, 0.29) is 0 Å². The van der Waals surface area contributed by atoms with Crippen molar-refractivity contribution < 1.29 is 49.6 Å². The van der Waals surface area contributed by atoms with E-state index in [2.05, 4.69) is 9.47 Å². The first kappa shape index (κ1) is 17.6. The SMILES string of the molecule is O=C(COC(=O)C(F)(C(F)(F)F)S(=O)(=O)O)OC1CCC1. The van der Waals surface area contributed by atoms with Crippen molar-refractivity contribution in [3.8, 4) is 0 Å². The third-order valence-corrected chi connectivity index (χ3v) is 3.76. The monoisotopic (exact) mass is 338 g/mol. The lowest BCUT2D eigenvalue weighted by atomic mass is 9.96. The molecule has 0 aromatic rings. The number of halogens is 4. The lowest BCUT2D eigenvalue weighted by Gasteiger charge is -2.25. The summed E-state index contributed by atoms with van der Waals surface area (Å²) < 4.78 is 87.8. The van der Waals surface area contributed by atoms with Crippen molar-refractivity contribution in [1.82, 2.24) is 0 Å². The Balaban J connectivity index is 2.72. The first-order chi connectivity index (χ1) is 9.39. The second kappa shape index (κ2) is 5.75. The Bertz CT molecular complexity index is 525. The van der Waals surface area contributed by atoms with Gasteiger partial charge in [-0.05, 0) is 19.3 Å². The molecule has 0 bridgehead atoms. The van der Waals surface area contributed by atoms with E-state index >= 15 is 0 Å². The molecule has 1 unspecified atom stereocenters. The fourth-order valence-corrected chi connectivity index (χ4v) is 1.86. The number of rotatable bonds is 5. The lowest BCUT2D eigenvalue weighted by Crippen LogP contribution is -2.55. The Kier molecular flexibility index (Phi) is 4.83. The summed E-state index contributed by atoms with van der Waals surface area (Å²) in [6, 6.07) is 0. The largest absolute Gasteiger partial charge is 0.460 e. The van der Waals surface area contributed by atoms with Crippen LogP contribution in [0.2, 0.25) is 0 Å². The van der Waals surface area contributed by atoms with Gasteiger partial charge in [-0.2, -0.15) is 21.6 Å². The number of ether oxygens (including phenoxy) is 2. The average Bonchev–Trinajstić information content (AvgIpc) is 2.26. The number of carbonyl (C=O) groups excluding carboxylic acids is 2. The second-order valence-electron chi connectivity index (χ2n) is 4.19. The highest BCUT2D eigenvalue weighted by molar-refractivity contribution is 7.88. The molecule has 0 radical (unpaired) electrons. The molecule has 0 saturated heterocycles. The van der Waals surface area contributed by atoms with Gasteiger partial charge in [0.2, 0.25) is 0 Å². The van der Waals surface area contributed by atoms with E-state index in [9.17, 15) is 35.6 Å². The predicted molar refractivity (Wildman–Crippen MR) is 56.1 cm³/mol. The minimum atomic E-state index is -6.50. The van der Waals surface area contributed by atoms with Crippen LogP contribution in [0.1, 0.15) is 19.3 Å². The summed E-state index contributed by atoms with van der Waals surface area (Å²) in [4.78, 5) is 22.0. The molecule has 1 rings (SSSR count). The average molecular weight is 338 g/mol. The number of hydrogen-bond acceptors (Lipinski definition) is 6. The quantitative estimate of drug-likeness (QED) is 0.447. The Morgan fingerprint density at radius 2 is 1.71 bits per heavy atom. The van der Waals surface area contributed by atoms with E-state index in [1.165, 1.54) is 0 Å². The smallest absolute Gasteiger partial charge is 0.451 e. The molecule has 0 aromatic heterocycles. The molecule has 12 heteroatoms. The number of esters is 2. The third-order valence-electron chi connectivity index (χ3n) is 2.65. The number of hydrogen-bond donors (Lipinski definition) is 1. The standard InChI is InChI=1S/C9H10F4O7S/c10-8(9(11,12)13,21(16,17)18)7(15)19-4-6(14)20-5-2-1-3-5/h5H,1-4H2,(H,16,17,18). The lowest BCUT2D eigenvalue weighted by molar-refractivity contribution is -0.216. The summed E-state index contributed by atoms with van der Waals surface area (Å²) >= 11 is 0. The molecule has 0 aliphatic heterocycles. The topological polar surface area (TPSA) is 107 Å². The zero-order chi connectivity index (χ0) is 16.5. The van der Waals surface area contributed by atoms with Crippen LogP contribution in [0.15, 0.2) is 0 Å². The van der Waals surface area contributed by atoms with Crippen molar-refractivity contribution in [2.45, 2.75) is 36.5 Å². The minimum Gasteiger partial charge on any atom is -0.460 e. The van der Waals surface area contributed by atoms with Gasteiger partial charge in [0.25, 0.3) is 0 Å². The molecule has 0 heterocycles. The van der Waals surface area contributed by atoms with Gasteiger partial charge in [0, 0.05) is 0 Å². The number of alkyl halides is 4. The van der Waals surface area contributed by atoms with Crippen LogP contribution in [0.4, 0.5) is 17.6 Å². The molecule has 1 atom stereocenters. The molecule has 0 spiro atoms. The Labute approximate surface area is 115 Å². The van der Waals surface area contributed by atoms with Gasteiger partial charge < -0.3 is 9.47 Å². The predicted octanol–water partition coefficient (Wildman–Crippen LogP) is 0.741. The van der Waals surface area contributed by atoms with Gasteiger partial charge in [-0.3, -0.25) is 4.55 Å². The zero-order valence-electron chi connectivity index (χ0n) is 10.2. The van der Waals surface area contributed by atoms with E-state index in [0.717, 1.165) is 6.42 Å². The van der Waals surface area contributed by atoms with Crippen LogP contribution in [-0.4, -0.2) is 48.8 Å². The summed E-state index contributed by atoms with van der Waals surface area (Å²) in [6.07, 6.45) is -4.91. The molecule has 1 aliphatic carbocycles. The minimum absolute atomic E-state index is 0.462. The van der Waals surface area contributed by atoms with E-state index in [0.29, 0.717) is 12.8 Å². The summed E-state index contributed by atoms with van der Waals surface area (Å²) in [6.45, 7) is -1.41. The van der Waals surface area contributed by atoms with Gasteiger partial charge in [-0.1, -0.05) is 0 Å². The van der Waals surface area contributed by atoms with E-state index in [1.807, 2.05) is 0 Å². The first-order valence-electron chi connectivity index (χ1n) is 5.49. The Hall–Kier alpha value is -1.43. The zero-order valence-corrected chi connectivity index (χ0v) is 11.0. The maximum Gasteiger partial charge on any atom is 0.451 e. The highest BCUT2D eigenvalue weighted by Crippen LogP contribution is 2.39. The van der Waals surface area contributed by atoms with Crippen LogP contribution in [0, 0.1) is 0 Å². The molecule has 1 fully saturated rings. The van der Waals surface area contributed by atoms with Crippen LogP contribution >= 0.6 is 0 Å². The summed E-state index contributed by atoms with van der Waals surface area (Å²) in [7, 11) is -6.50. The molecule has 21 heavy (non-hydrogen) atoms. The molecule has 1 N–H and O–H groups in total. The Morgan fingerprint density at radius 3 is 2.05 bits per heavy atom. The van der Waals surface area contributed by atoms with Crippen LogP contribution < -0.4 is 0 Å². The van der Waals surface area contributed by atoms with E-state index in [1.54, 1.807) is 0 Å². The molecule has 7 nitrogen and oxygen atoms in total. The fraction of sp³-hybridized carbons (Fsp3) is 0.778. The normalized spacial score (nSPS) is 19.3. The fourth-order valence-electron chi connectivity index (χ4n) is 1.29. The van der Waals surface area contributed by atoms with Gasteiger partial charge >= 0.3 is 33.2 Å². The number of carbonyl (C=O) groups is 2. The maximum atomic E-state index is 13.4. The van der Waals surface area contributed by atoms with Crippen molar-refractivity contribution in [2.75, 3.05) is 6.61 Å². The van der Waals surface area contributed by atoms with Crippen LogP contribution in [0.25, 0.3) is 0 Å². The van der Waals surface area contributed by atoms with Crippen molar-refractivity contribution in [3.63, 3.8) is 0 Å². The molecular weight excluding hydrogens is 328 g/mol. The van der Waals surface area contributed by atoms with Crippen molar-refractivity contribution in [2.24, 2.45) is 0 Å². The molecule has 0 aromatic carbocycles. The molecule has 1 aliphatic rings. The van der Waals surface area contributed by atoms with Crippen molar-refractivity contribution in [3.05, 3.63) is 0 Å². The molecular formula is C9H10F4O7S. The molecule has 1 saturated carbocycles. The second-order valence-corrected chi connectivity index (χ2v) is 5.70. The van der Waals surface area contributed by atoms with Gasteiger partial charge in [-0.15, -0.1) is 0 Å². The molecule has 0 amide bonds. The summed E-state index contributed by atoms with van der Waals surface area (Å²) in [5.74, 6) is -4.23. The highest BCUT2D eigenvalue weighted by Gasteiger charge is 2.72. The summed E-state index contributed by atoms with van der Waals surface area (Å²) in [5.41, 5.74) is 0. The van der Waals surface area contributed by atoms with Gasteiger partial charge in [-0.25, -0.2) is 14.0 Å². The maximum absolute atomic E-state index is 13.4. The van der Waals surface area contributed by atoms with Gasteiger partial charge in [0.15, 0.2) is 6.61 Å². The van der Waals surface area contributed by atoms with Crippen molar-refractivity contribution >= 4 is 22.1 Å². The van der Waals surface area contributed by atoms with Crippen molar-refractivity contribution in [1.29, 1.82) is 0 Å². The van der Waals surface area contributed by atoms with Gasteiger partial charge in [0.05, 0.1) is 0 Å². The first-order valence-corrected chi connectivity index (χ1v) is 6.93. The van der Waals surface area contributed by atoms with Crippen LogP contribution in [-0.2, 0) is 29.2 Å². The Morgan fingerprint density at radius 1 is 1.19 bits per heavy atom. The third kappa shape index (κ3) is 3.61. The van der Waals surface area contributed by atoms with E-state index < -0.39 is 45.9 Å². The van der Waals surface area contributed by atoms with Gasteiger partial charge in [0.1, 0.15) is 6.10 Å². The van der Waals surface area contributed by atoms with Crippen LogP contribution in [0.5, 0.6) is 0 Å². The van der Waals surface area contributed by atoms with E-state index in [4.69, 9.17) is 4.55 Å². The highest BCUT2D eigenvalue weighted by atomic mass is 32.2. The molecule has 122 valence electrons. The van der Waals surface area contributed by atoms with Crippen LogP contribution in [0.3, 0.4) is 0 Å². The summed E-state index contributed by atoms with van der Waals surface area (Å²) in [5, 5.41) is -5.67.